The Hall–Kier alpha value is -6.50. The van der Waals surface area contributed by atoms with Gasteiger partial charge in [-0.25, -0.2) is 21.3 Å². The lowest BCUT2D eigenvalue weighted by molar-refractivity contribution is -0.122. The maximum Gasteiger partial charge on any atom is 0.290 e. The molecule has 0 spiro atoms. The standard InChI is InChI=1S/C26H33N15O2.CH2O2/c27-14-4-5-16(17(10-14)21(29)40-41-32)25(43)34-8-2-1-7-33-24(42)13-3-6-19(18(28)9-13)35-11-15-12-36-23-20(37-15)22(30)38-26(31)39-23;2-1-3/h3-6,9-10,12,35,41H,1-2,7-8,11,27-28,32H2,(H2,29,40)(H,33,42)(H,34,43)(H4,30,31,36,38,39);1H,(H,2,3). The maximum atomic E-state index is 12.7. The van der Waals surface area contributed by atoms with Crippen LogP contribution in [-0.2, 0) is 11.3 Å². The lowest BCUT2D eigenvalue weighted by Crippen LogP contribution is -2.30. The quantitative estimate of drug-likeness (QED) is 0.0171. The van der Waals surface area contributed by atoms with E-state index in [-0.39, 0.29) is 35.9 Å². The molecule has 0 fully saturated rings. The van der Waals surface area contributed by atoms with Crippen molar-refractivity contribution in [2.24, 2.45) is 16.7 Å². The number of rotatable bonds is 12. The number of hydrazine groups is 1. The molecule has 0 aliphatic heterocycles. The van der Waals surface area contributed by atoms with E-state index in [1.54, 1.807) is 42.6 Å². The Labute approximate surface area is 262 Å². The molecule has 2 amide bonds. The molecule has 0 aliphatic rings. The molecule has 0 unspecified atom stereocenters. The van der Waals surface area contributed by atoms with Crippen molar-refractivity contribution in [1.29, 1.82) is 0 Å². The second-order valence-electron chi connectivity index (χ2n) is 9.41. The first-order chi connectivity index (χ1) is 22.1. The number of fused-ring (bicyclic) bond motifs is 1. The molecule has 0 bridgehead atoms. The number of hydrogen-bond donors (Lipinski definition) is 11. The van der Waals surface area contributed by atoms with Gasteiger partial charge in [-0.3, -0.25) is 14.4 Å². The number of carboxylic acid groups (broad SMARTS) is 1. The number of carbonyl (C=O) groups is 3. The zero-order valence-corrected chi connectivity index (χ0v) is 24.5. The number of amidine groups is 1. The highest BCUT2D eigenvalue weighted by atomic mass is 16.3. The van der Waals surface area contributed by atoms with Crippen LogP contribution in [0.15, 0.2) is 47.7 Å². The largest absolute Gasteiger partial charge is 0.483 e. The van der Waals surface area contributed by atoms with Gasteiger partial charge in [-0.2, -0.15) is 9.97 Å². The van der Waals surface area contributed by atoms with Crippen molar-refractivity contribution >= 4 is 64.1 Å². The molecule has 242 valence electrons. The highest BCUT2D eigenvalue weighted by molar-refractivity contribution is 6.09. The summed E-state index contributed by atoms with van der Waals surface area (Å²) in [5.41, 5.74) is 35.2. The van der Waals surface area contributed by atoms with E-state index in [0.717, 1.165) is 0 Å². The number of unbranched alkanes of at least 4 members (excludes halogenated alkanes) is 1. The average molecular weight is 634 g/mol. The summed E-state index contributed by atoms with van der Waals surface area (Å²) in [6, 6.07) is 9.64. The third-order valence-corrected chi connectivity index (χ3v) is 6.20. The van der Waals surface area contributed by atoms with Gasteiger partial charge in [0.25, 0.3) is 18.3 Å². The number of nitrogens with two attached hydrogens (primary N) is 6. The summed E-state index contributed by atoms with van der Waals surface area (Å²) in [6.07, 6.45) is 2.80. The van der Waals surface area contributed by atoms with E-state index in [2.05, 4.69) is 46.5 Å². The summed E-state index contributed by atoms with van der Waals surface area (Å²) in [7, 11) is 0. The number of nitrogens with one attached hydrogen (secondary N) is 4. The zero-order valence-electron chi connectivity index (χ0n) is 24.5. The Bertz CT molecular complexity index is 1730. The fraction of sp³-hybridized carbons (Fsp3) is 0.185. The summed E-state index contributed by atoms with van der Waals surface area (Å²) in [5, 5.41) is 19.4. The summed E-state index contributed by atoms with van der Waals surface area (Å²) in [6.45, 7) is 0.834. The zero-order chi connectivity index (χ0) is 33.6. The van der Waals surface area contributed by atoms with Gasteiger partial charge in [-0.15, -0.1) is 5.10 Å². The molecule has 0 saturated carbocycles. The monoisotopic (exact) mass is 633 g/mol. The van der Waals surface area contributed by atoms with E-state index in [1.807, 2.05) is 0 Å². The van der Waals surface area contributed by atoms with Crippen LogP contribution in [0.4, 0.5) is 28.8 Å². The van der Waals surface area contributed by atoms with Gasteiger partial charge in [-0.05, 0) is 49.2 Å². The van der Waals surface area contributed by atoms with Crippen molar-refractivity contribution in [3.05, 3.63) is 65.0 Å². The number of amides is 2. The average Bonchev–Trinajstić information content (AvgIpc) is 3.02. The van der Waals surface area contributed by atoms with Crippen molar-refractivity contribution in [2.45, 2.75) is 19.4 Å². The van der Waals surface area contributed by atoms with Gasteiger partial charge in [0, 0.05) is 29.9 Å². The Morgan fingerprint density at radius 2 is 1.61 bits per heavy atom. The Kier molecular flexibility index (Phi) is 12.1. The summed E-state index contributed by atoms with van der Waals surface area (Å²) >= 11 is 0. The van der Waals surface area contributed by atoms with Crippen LogP contribution in [-0.4, -0.2) is 62.3 Å². The minimum atomic E-state index is -0.339. The Morgan fingerprint density at radius 1 is 0.913 bits per heavy atom. The Balaban J connectivity index is 0.00000185. The van der Waals surface area contributed by atoms with Gasteiger partial charge in [0.1, 0.15) is 0 Å². The molecule has 0 atom stereocenters. The lowest BCUT2D eigenvalue weighted by atomic mass is 10.0. The number of benzene rings is 2. The highest BCUT2D eigenvalue weighted by Crippen LogP contribution is 2.21. The number of hydrogen-bond acceptors (Lipinski definition) is 15. The van der Waals surface area contributed by atoms with Crippen LogP contribution in [0.1, 0.15) is 44.8 Å². The van der Waals surface area contributed by atoms with E-state index in [4.69, 9.17) is 44.4 Å². The minimum absolute atomic E-state index is 0.0229. The number of hydrazone groups is 1. The van der Waals surface area contributed by atoms with Crippen molar-refractivity contribution in [1.82, 2.24) is 36.1 Å². The van der Waals surface area contributed by atoms with Crippen LogP contribution in [0, 0.1) is 0 Å². The first kappa shape index (κ1) is 34.0. The summed E-state index contributed by atoms with van der Waals surface area (Å²) in [4.78, 5) is 50.2. The second-order valence-corrected chi connectivity index (χ2v) is 9.41. The molecule has 46 heavy (non-hydrogen) atoms. The fourth-order valence-electron chi connectivity index (χ4n) is 4.07. The van der Waals surface area contributed by atoms with E-state index in [0.29, 0.717) is 83.1 Å². The Morgan fingerprint density at radius 3 is 2.28 bits per heavy atom. The van der Waals surface area contributed by atoms with Crippen LogP contribution < -0.4 is 56.0 Å². The van der Waals surface area contributed by atoms with Crippen molar-refractivity contribution in [3.63, 3.8) is 0 Å². The molecule has 2 heterocycles. The smallest absolute Gasteiger partial charge is 0.290 e. The molecular formula is C27H35N15O4. The first-order valence-corrected chi connectivity index (χ1v) is 13.6. The van der Waals surface area contributed by atoms with E-state index < -0.39 is 0 Å². The van der Waals surface area contributed by atoms with Crippen LogP contribution >= 0.6 is 0 Å². The minimum Gasteiger partial charge on any atom is -0.483 e. The number of nitrogens with zero attached hydrogens (tertiary/aromatic N) is 5. The number of nitrogen functional groups attached to an aromatic ring is 4. The molecule has 19 heteroatoms. The van der Waals surface area contributed by atoms with Gasteiger partial charge < -0.3 is 49.7 Å². The third kappa shape index (κ3) is 9.25. The summed E-state index contributed by atoms with van der Waals surface area (Å²) < 4.78 is 0. The van der Waals surface area contributed by atoms with Gasteiger partial charge in [-0.1, -0.05) is 0 Å². The van der Waals surface area contributed by atoms with Crippen molar-refractivity contribution in [2.75, 3.05) is 41.3 Å². The molecule has 17 N–H and O–H groups in total. The third-order valence-electron chi connectivity index (χ3n) is 6.20. The molecule has 2 aromatic heterocycles. The normalized spacial score (nSPS) is 10.8. The van der Waals surface area contributed by atoms with E-state index in [1.165, 1.54) is 0 Å². The topological polar surface area (TPSA) is 340 Å². The summed E-state index contributed by atoms with van der Waals surface area (Å²) in [5.74, 6) is 4.76. The first-order valence-electron chi connectivity index (χ1n) is 13.6. The SMILES string of the molecule is NN/N=C(\N)c1cc(N)ccc1C(=O)NCCCCNC(=O)c1ccc(NCc2cnc3nc(N)nc(N)c3n2)c(N)c1.O=CO. The molecule has 4 aromatic rings. The van der Waals surface area contributed by atoms with Crippen LogP contribution in [0.25, 0.3) is 11.2 Å². The van der Waals surface area contributed by atoms with Crippen molar-refractivity contribution < 1.29 is 19.5 Å². The maximum absolute atomic E-state index is 12.7. The molecule has 0 saturated heterocycles. The fourth-order valence-corrected chi connectivity index (χ4v) is 4.07. The number of carbonyl (C=O) groups excluding carboxylic acids is 2. The van der Waals surface area contributed by atoms with Gasteiger partial charge in [0.15, 0.2) is 22.8 Å². The molecular weight excluding hydrogens is 598 g/mol. The molecule has 2 aromatic carbocycles. The highest BCUT2D eigenvalue weighted by Gasteiger charge is 2.15. The molecule has 0 aliphatic carbocycles. The molecule has 19 nitrogen and oxygen atoms in total. The predicted octanol–water partition coefficient (Wildman–Crippen LogP) is -0.915. The van der Waals surface area contributed by atoms with Crippen LogP contribution in [0.2, 0.25) is 0 Å². The lowest BCUT2D eigenvalue weighted by Gasteiger charge is -2.12. The van der Waals surface area contributed by atoms with E-state index in [9.17, 15) is 9.59 Å². The van der Waals surface area contributed by atoms with Crippen molar-refractivity contribution in [3.8, 4) is 0 Å². The molecule has 0 radical (unpaired) electrons. The van der Waals surface area contributed by atoms with Gasteiger partial charge in [0.2, 0.25) is 5.95 Å². The predicted molar refractivity (Wildman–Crippen MR) is 174 cm³/mol. The van der Waals surface area contributed by atoms with Crippen LogP contribution in [0.5, 0.6) is 0 Å². The van der Waals surface area contributed by atoms with Crippen LogP contribution in [0.3, 0.4) is 0 Å². The second kappa shape index (κ2) is 16.4. The van der Waals surface area contributed by atoms with E-state index >= 15 is 0 Å². The number of aromatic nitrogens is 4. The van der Waals surface area contributed by atoms with Gasteiger partial charge >= 0.3 is 0 Å². The van der Waals surface area contributed by atoms with Gasteiger partial charge in [0.05, 0.1) is 35.4 Å². The number of anilines is 5. The molecule has 4 rings (SSSR count).